The number of pyridine rings is 1. The van der Waals surface area contributed by atoms with Gasteiger partial charge < -0.3 is 11.5 Å². The minimum atomic E-state index is -4.43. The van der Waals surface area contributed by atoms with Gasteiger partial charge in [0.2, 0.25) is 5.91 Å². The average Bonchev–Trinajstić information content (AvgIpc) is 3.43. The lowest BCUT2D eigenvalue weighted by Crippen LogP contribution is -2.10. The molecule has 1 aromatic heterocycles. The minimum absolute atomic E-state index is 0. The summed E-state index contributed by atoms with van der Waals surface area (Å²) < 4.78 is 39.2. The highest BCUT2D eigenvalue weighted by molar-refractivity contribution is 5.93. The zero-order valence-corrected chi connectivity index (χ0v) is 16.5. The maximum Gasteiger partial charge on any atom is 0.416 e. The van der Waals surface area contributed by atoms with E-state index in [1.807, 2.05) is 6.07 Å². The van der Waals surface area contributed by atoms with Crippen LogP contribution in [-0.2, 0) is 6.18 Å². The van der Waals surface area contributed by atoms with Gasteiger partial charge in [0, 0.05) is 28.7 Å². The van der Waals surface area contributed by atoms with Gasteiger partial charge in [0.1, 0.15) is 0 Å². The van der Waals surface area contributed by atoms with Crippen LogP contribution in [0.4, 0.5) is 13.2 Å². The van der Waals surface area contributed by atoms with Crippen molar-refractivity contribution >= 4 is 18.3 Å². The third-order valence-electron chi connectivity index (χ3n) is 5.09. The molecule has 1 saturated carbocycles. The van der Waals surface area contributed by atoms with Crippen LogP contribution in [0.5, 0.6) is 0 Å². The van der Waals surface area contributed by atoms with Crippen molar-refractivity contribution in [3.8, 4) is 22.5 Å². The van der Waals surface area contributed by atoms with Crippen LogP contribution in [-0.4, -0.2) is 16.9 Å². The fourth-order valence-corrected chi connectivity index (χ4v) is 3.38. The number of nitrogens with zero attached hydrogens (tertiary/aromatic N) is 1. The number of primary amides is 1. The predicted octanol–water partition coefficient (Wildman–Crippen LogP) is 4.77. The van der Waals surface area contributed by atoms with Crippen LogP contribution in [0.1, 0.15) is 33.8 Å². The number of nitrogens with two attached hydrogens (primary N) is 2. The normalized spacial score (nSPS) is 17.9. The Balaban J connectivity index is 0.00000256. The number of rotatable bonds is 4. The zero-order chi connectivity index (χ0) is 20.8. The number of hydrogen-bond acceptors (Lipinski definition) is 3. The molecule has 3 aromatic rings. The molecule has 30 heavy (non-hydrogen) atoms. The first kappa shape index (κ1) is 21.8. The third kappa shape index (κ3) is 4.32. The molecule has 0 aliphatic heterocycles. The molecule has 4 N–H and O–H groups in total. The van der Waals surface area contributed by atoms with E-state index in [1.165, 1.54) is 6.07 Å². The Hall–Kier alpha value is -2.90. The van der Waals surface area contributed by atoms with Crippen molar-refractivity contribution in [1.82, 2.24) is 4.98 Å². The number of hydrogen-bond donors (Lipinski definition) is 2. The van der Waals surface area contributed by atoms with Crippen LogP contribution in [0.2, 0.25) is 0 Å². The molecule has 0 bridgehead atoms. The van der Waals surface area contributed by atoms with Crippen molar-refractivity contribution in [3.05, 3.63) is 77.4 Å². The molecule has 1 fully saturated rings. The lowest BCUT2D eigenvalue weighted by atomic mass is 9.98. The highest BCUT2D eigenvalue weighted by atomic mass is 35.5. The fraction of sp³-hybridized carbons (Fsp3) is 0.182. The number of halogens is 4. The summed E-state index contributed by atoms with van der Waals surface area (Å²) in [5, 5.41) is 0. The first-order chi connectivity index (χ1) is 13.7. The van der Waals surface area contributed by atoms with Crippen molar-refractivity contribution < 1.29 is 18.0 Å². The largest absolute Gasteiger partial charge is 0.416 e. The summed E-state index contributed by atoms with van der Waals surface area (Å²) >= 11 is 0. The van der Waals surface area contributed by atoms with Crippen molar-refractivity contribution in [1.29, 1.82) is 0 Å². The molecule has 1 aliphatic carbocycles. The summed E-state index contributed by atoms with van der Waals surface area (Å²) in [5.74, 6) is -0.379. The predicted molar refractivity (Wildman–Crippen MR) is 111 cm³/mol. The van der Waals surface area contributed by atoms with Gasteiger partial charge in [0.25, 0.3) is 0 Å². The van der Waals surface area contributed by atoms with Gasteiger partial charge in [-0.15, -0.1) is 12.4 Å². The summed E-state index contributed by atoms with van der Waals surface area (Å²) in [7, 11) is 0. The van der Waals surface area contributed by atoms with E-state index in [9.17, 15) is 18.0 Å². The second-order valence-corrected chi connectivity index (χ2v) is 7.16. The standard InChI is InChI=1S/C22H18F3N3O.ClH/c23-22(24,25)15-3-1-2-14(10-15)19-9-8-16(17-11-18(17)26)20(28-19)12-4-6-13(7-5-12)21(27)29;/h1-10,17-18H,11,26H2,(H2,27,29);1H/t17-,18+;/m1./s1. The van der Waals surface area contributed by atoms with Gasteiger partial charge in [0.15, 0.2) is 0 Å². The minimum Gasteiger partial charge on any atom is -0.366 e. The number of carbonyl (C=O) groups is 1. The molecule has 2 atom stereocenters. The SMILES string of the molecule is Cl.NC(=O)c1ccc(-c2nc(-c3cccc(C(F)(F)F)c3)ccc2[C@H]2C[C@@H]2N)cc1. The van der Waals surface area contributed by atoms with E-state index >= 15 is 0 Å². The lowest BCUT2D eigenvalue weighted by molar-refractivity contribution is -0.137. The van der Waals surface area contributed by atoms with Crippen LogP contribution >= 0.6 is 12.4 Å². The molecule has 4 nitrogen and oxygen atoms in total. The first-order valence-corrected chi connectivity index (χ1v) is 9.08. The lowest BCUT2D eigenvalue weighted by Gasteiger charge is -2.13. The van der Waals surface area contributed by atoms with Crippen LogP contribution < -0.4 is 11.5 Å². The zero-order valence-electron chi connectivity index (χ0n) is 15.7. The van der Waals surface area contributed by atoms with Crippen LogP contribution in [0, 0.1) is 0 Å². The maximum atomic E-state index is 13.1. The number of amides is 1. The average molecular weight is 434 g/mol. The van der Waals surface area contributed by atoms with Gasteiger partial charge in [-0.25, -0.2) is 4.98 Å². The van der Waals surface area contributed by atoms with Crippen LogP contribution in [0.3, 0.4) is 0 Å². The molecular formula is C22H19ClF3N3O. The summed E-state index contributed by atoms with van der Waals surface area (Å²) in [5.41, 5.74) is 14.1. The number of aromatic nitrogens is 1. The smallest absolute Gasteiger partial charge is 0.366 e. The topological polar surface area (TPSA) is 82.0 Å². The molecule has 1 heterocycles. The van der Waals surface area contributed by atoms with E-state index in [-0.39, 0.29) is 24.4 Å². The third-order valence-corrected chi connectivity index (χ3v) is 5.09. The Bertz CT molecular complexity index is 1080. The molecule has 4 rings (SSSR count). The van der Waals surface area contributed by atoms with Gasteiger partial charge >= 0.3 is 6.18 Å². The van der Waals surface area contributed by atoms with E-state index in [0.29, 0.717) is 22.5 Å². The van der Waals surface area contributed by atoms with Crippen molar-refractivity contribution in [2.24, 2.45) is 11.5 Å². The molecule has 1 aliphatic rings. The number of alkyl halides is 3. The van der Waals surface area contributed by atoms with Crippen molar-refractivity contribution in [3.63, 3.8) is 0 Å². The highest BCUT2D eigenvalue weighted by Crippen LogP contribution is 2.43. The molecule has 1 amide bonds. The van der Waals surface area contributed by atoms with Crippen molar-refractivity contribution in [2.75, 3.05) is 0 Å². The molecule has 0 spiro atoms. The van der Waals surface area contributed by atoms with Gasteiger partial charge in [0.05, 0.1) is 17.0 Å². The highest BCUT2D eigenvalue weighted by Gasteiger charge is 2.37. The van der Waals surface area contributed by atoms with Crippen LogP contribution in [0.25, 0.3) is 22.5 Å². The molecule has 2 aromatic carbocycles. The monoisotopic (exact) mass is 433 g/mol. The molecular weight excluding hydrogens is 415 g/mol. The number of carbonyl (C=O) groups excluding carboxylic acids is 1. The van der Waals surface area contributed by atoms with Gasteiger partial charge in [-0.05, 0) is 42.3 Å². The van der Waals surface area contributed by atoms with E-state index in [1.54, 1.807) is 36.4 Å². The molecule has 156 valence electrons. The van der Waals surface area contributed by atoms with Crippen LogP contribution in [0.15, 0.2) is 60.7 Å². The summed E-state index contributed by atoms with van der Waals surface area (Å²) in [6.07, 6.45) is -3.60. The fourth-order valence-electron chi connectivity index (χ4n) is 3.38. The van der Waals surface area contributed by atoms with Gasteiger partial charge in [-0.2, -0.15) is 13.2 Å². The Kier molecular flexibility index (Phi) is 5.87. The first-order valence-electron chi connectivity index (χ1n) is 9.08. The second-order valence-electron chi connectivity index (χ2n) is 7.16. The Morgan fingerprint density at radius 2 is 1.67 bits per heavy atom. The van der Waals surface area contributed by atoms with E-state index in [2.05, 4.69) is 4.98 Å². The molecule has 0 unspecified atom stereocenters. The van der Waals surface area contributed by atoms with E-state index in [4.69, 9.17) is 11.5 Å². The van der Waals surface area contributed by atoms with Gasteiger partial charge in [-0.1, -0.05) is 30.3 Å². The van der Waals surface area contributed by atoms with E-state index < -0.39 is 17.6 Å². The molecule has 8 heteroatoms. The second kappa shape index (κ2) is 8.08. The number of benzene rings is 2. The summed E-state index contributed by atoms with van der Waals surface area (Å²) in [6, 6.07) is 15.4. The maximum absolute atomic E-state index is 13.1. The Morgan fingerprint density at radius 3 is 2.23 bits per heavy atom. The van der Waals surface area contributed by atoms with Gasteiger partial charge in [-0.3, -0.25) is 4.79 Å². The Morgan fingerprint density at radius 1 is 1.00 bits per heavy atom. The Labute approximate surface area is 177 Å². The molecule has 0 saturated heterocycles. The van der Waals surface area contributed by atoms with E-state index in [0.717, 1.165) is 29.7 Å². The summed E-state index contributed by atoms with van der Waals surface area (Å²) in [6.45, 7) is 0. The summed E-state index contributed by atoms with van der Waals surface area (Å²) in [4.78, 5) is 16.0. The molecule has 0 radical (unpaired) electrons. The van der Waals surface area contributed by atoms with Crippen molar-refractivity contribution in [2.45, 2.75) is 24.6 Å². The quantitative estimate of drug-likeness (QED) is 0.621.